The van der Waals surface area contributed by atoms with Gasteiger partial charge in [0.15, 0.2) is 0 Å². The summed E-state index contributed by atoms with van der Waals surface area (Å²) in [6.45, 7) is 0. The fourth-order valence-corrected chi connectivity index (χ4v) is 2.47. The molecule has 0 spiro atoms. The summed E-state index contributed by atoms with van der Waals surface area (Å²) in [7, 11) is 0. The summed E-state index contributed by atoms with van der Waals surface area (Å²) in [6, 6.07) is 16.6. The van der Waals surface area contributed by atoms with Gasteiger partial charge < -0.3 is 4.40 Å². The number of imidazole rings is 1. The maximum Gasteiger partial charge on any atom is 0.145 e. The highest BCUT2D eigenvalue weighted by atomic mass is 19.1. The Kier molecular flexibility index (Phi) is 2.33. The number of fused-ring (bicyclic) bond motifs is 3. The molecule has 0 aliphatic rings. The molecule has 0 radical (unpaired) electrons. The van der Waals surface area contributed by atoms with E-state index >= 15 is 0 Å². The minimum atomic E-state index is -0.233. The van der Waals surface area contributed by atoms with Crippen LogP contribution in [0.25, 0.3) is 27.7 Å². The molecule has 2 nitrogen and oxygen atoms in total. The maximum atomic E-state index is 13.0. The molecule has 0 saturated heterocycles. The fraction of sp³-hybridized carbons (Fsp3) is 0. The Morgan fingerprint density at radius 2 is 1.70 bits per heavy atom. The number of halogens is 1. The lowest BCUT2D eigenvalue weighted by Gasteiger charge is -1.98. The van der Waals surface area contributed by atoms with Crippen molar-refractivity contribution in [1.29, 1.82) is 0 Å². The third-order valence-corrected chi connectivity index (χ3v) is 3.49. The second-order valence-corrected chi connectivity index (χ2v) is 4.77. The van der Waals surface area contributed by atoms with Crippen LogP contribution in [0.15, 0.2) is 67.0 Å². The van der Waals surface area contributed by atoms with Gasteiger partial charge in [0.05, 0.1) is 5.69 Å². The van der Waals surface area contributed by atoms with E-state index in [2.05, 4.69) is 23.2 Å². The lowest BCUT2D eigenvalue weighted by Crippen LogP contribution is -1.83. The van der Waals surface area contributed by atoms with Gasteiger partial charge in [-0.2, -0.15) is 0 Å². The molecule has 0 amide bonds. The molecule has 20 heavy (non-hydrogen) atoms. The van der Waals surface area contributed by atoms with Crippen LogP contribution < -0.4 is 0 Å². The van der Waals surface area contributed by atoms with Gasteiger partial charge in [-0.25, -0.2) is 9.37 Å². The first kappa shape index (κ1) is 11.2. The third-order valence-electron chi connectivity index (χ3n) is 3.49. The van der Waals surface area contributed by atoms with E-state index in [4.69, 9.17) is 0 Å². The number of aromatic nitrogens is 2. The molecule has 96 valence electrons. The Hall–Kier alpha value is -2.68. The smallest absolute Gasteiger partial charge is 0.145 e. The summed E-state index contributed by atoms with van der Waals surface area (Å²) in [5.74, 6) is -0.233. The average molecular weight is 262 g/mol. The average Bonchev–Trinajstić information content (AvgIpc) is 2.92. The zero-order chi connectivity index (χ0) is 13.5. The molecule has 0 unspecified atom stereocenters. The van der Waals surface area contributed by atoms with Crippen molar-refractivity contribution in [2.75, 3.05) is 0 Å². The Balaban J connectivity index is 1.98. The van der Waals surface area contributed by atoms with Crippen LogP contribution in [0.5, 0.6) is 0 Å². The molecule has 2 aromatic heterocycles. The largest absolute Gasteiger partial charge is 0.306 e. The van der Waals surface area contributed by atoms with Gasteiger partial charge in [-0.15, -0.1) is 0 Å². The molecule has 0 aliphatic carbocycles. The fourth-order valence-electron chi connectivity index (χ4n) is 2.47. The number of hydrogen-bond donors (Lipinski definition) is 0. The van der Waals surface area contributed by atoms with E-state index < -0.39 is 0 Å². The number of nitrogens with zero attached hydrogens (tertiary/aromatic N) is 2. The zero-order valence-electron chi connectivity index (χ0n) is 10.6. The highest BCUT2D eigenvalue weighted by molar-refractivity contribution is 5.94. The van der Waals surface area contributed by atoms with Gasteiger partial charge >= 0.3 is 0 Å². The summed E-state index contributed by atoms with van der Waals surface area (Å²) in [5.41, 5.74) is 2.68. The molecule has 0 bridgehead atoms. The first-order chi connectivity index (χ1) is 9.81. The van der Waals surface area contributed by atoms with Crippen molar-refractivity contribution in [2.24, 2.45) is 0 Å². The van der Waals surface area contributed by atoms with Crippen molar-refractivity contribution in [1.82, 2.24) is 9.38 Å². The van der Waals surface area contributed by atoms with Gasteiger partial charge in [0.1, 0.15) is 11.5 Å². The van der Waals surface area contributed by atoms with E-state index in [1.54, 1.807) is 12.1 Å². The van der Waals surface area contributed by atoms with Crippen molar-refractivity contribution in [2.45, 2.75) is 0 Å². The Bertz CT molecular complexity index is 907. The molecule has 0 atom stereocenters. The van der Waals surface area contributed by atoms with Crippen molar-refractivity contribution in [3.63, 3.8) is 0 Å². The van der Waals surface area contributed by atoms with Crippen molar-refractivity contribution in [3.8, 4) is 11.3 Å². The highest BCUT2D eigenvalue weighted by Gasteiger charge is 2.07. The standard InChI is InChI=1S/C17H11FN2/c18-14-7-5-13(6-8-14)16-11-20-10-9-12-3-1-2-4-15(12)17(20)19-16/h1-11H. The monoisotopic (exact) mass is 262 g/mol. The zero-order valence-corrected chi connectivity index (χ0v) is 10.6. The van der Waals surface area contributed by atoms with Crippen molar-refractivity contribution < 1.29 is 4.39 Å². The summed E-state index contributed by atoms with van der Waals surface area (Å²) < 4.78 is 15.0. The highest BCUT2D eigenvalue weighted by Crippen LogP contribution is 2.24. The first-order valence-electron chi connectivity index (χ1n) is 6.44. The Labute approximate surface area is 115 Å². The van der Waals surface area contributed by atoms with Crippen LogP contribution in [-0.2, 0) is 0 Å². The van der Waals surface area contributed by atoms with Crippen LogP contribution in [-0.4, -0.2) is 9.38 Å². The number of hydrogen-bond acceptors (Lipinski definition) is 1. The molecule has 4 rings (SSSR count). The molecule has 3 heteroatoms. The lowest BCUT2D eigenvalue weighted by molar-refractivity contribution is 0.628. The van der Waals surface area contributed by atoms with Gasteiger partial charge in [0, 0.05) is 23.3 Å². The van der Waals surface area contributed by atoms with Crippen LogP contribution in [0.2, 0.25) is 0 Å². The summed E-state index contributed by atoms with van der Waals surface area (Å²) in [5, 5.41) is 2.28. The lowest BCUT2D eigenvalue weighted by atomic mass is 10.2. The molecular weight excluding hydrogens is 251 g/mol. The van der Waals surface area contributed by atoms with Crippen LogP contribution in [0.4, 0.5) is 4.39 Å². The van der Waals surface area contributed by atoms with Gasteiger partial charge in [0.25, 0.3) is 0 Å². The van der Waals surface area contributed by atoms with Crippen molar-refractivity contribution in [3.05, 3.63) is 72.8 Å². The van der Waals surface area contributed by atoms with Gasteiger partial charge in [-0.3, -0.25) is 0 Å². The van der Waals surface area contributed by atoms with Crippen LogP contribution in [0, 0.1) is 5.82 Å². The molecule has 2 heterocycles. The molecule has 0 N–H and O–H groups in total. The van der Waals surface area contributed by atoms with E-state index in [1.807, 2.05) is 28.9 Å². The number of rotatable bonds is 1. The van der Waals surface area contributed by atoms with E-state index in [-0.39, 0.29) is 5.82 Å². The van der Waals surface area contributed by atoms with Crippen LogP contribution in [0.3, 0.4) is 0 Å². The number of benzene rings is 2. The molecule has 0 saturated carbocycles. The van der Waals surface area contributed by atoms with Crippen LogP contribution in [0.1, 0.15) is 0 Å². The number of pyridine rings is 1. The second-order valence-electron chi connectivity index (χ2n) is 4.77. The minimum absolute atomic E-state index is 0.233. The summed E-state index contributed by atoms with van der Waals surface area (Å²) >= 11 is 0. The van der Waals surface area contributed by atoms with E-state index in [1.165, 1.54) is 12.1 Å². The van der Waals surface area contributed by atoms with Crippen LogP contribution >= 0.6 is 0 Å². The summed E-state index contributed by atoms with van der Waals surface area (Å²) in [4.78, 5) is 4.68. The SMILES string of the molecule is Fc1ccc(-c2cn3ccc4ccccc4c3n2)cc1. The first-order valence-corrected chi connectivity index (χ1v) is 6.44. The van der Waals surface area contributed by atoms with E-state index in [0.29, 0.717) is 0 Å². The Morgan fingerprint density at radius 1 is 0.900 bits per heavy atom. The van der Waals surface area contributed by atoms with Gasteiger partial charge in [-0.1, -0.05) is 24.3 Å². The third kappa shape index (κ3) is 1.67. The maximum absolute atomic E-state index is 13.0. The summed E-state index contributed by atoms with van der Waals surface area (Å²) in [6.07, 6.45) is 3.96. The van der Waals surface area contributed by atoms with E-state index in [0.717, 1.165) is 27.7 Å². The normalized spacial score (nSPS) is 11.2. The molecule has 4 aromatic rings. The molecule has 2 aromatic carbocycles. The molecular formula is C17H11FN2. The second kappa shape index (κ2) is 4.17. The van der Waals surface area contributed by atoms with Gasteiger partial charge in [0.2, 0.25) is 0 Å². The topological polar surface area (TPSA) is 17.3 Å². The molecule has 0 aliphatic heterocycles. The Morgan fingerprint density at radius 3 is 2.55 bits per heavy atom. The van der Waals surface area contributed by atoms with E-state index in [9.17, 15) is 4.39 Å². The van der Waals surface area contributed by atoms with Crippen molar-refractivity contribution >= 4 is 16.4 Å². The predicted molar refractivity (Wildman–Crippen MR) is 78.1 cm³/mol. The quantitative estimate of drug-likeness (QED) is 0.500. The minimum Gasteiger partial charge on any atom is -0.306 e. The molecule has 0 fully saturated rings. The van der Waals surface area contributed by atoms with Gasteiger partial charge in [-0.05, 0) is 35.7 Å². The predicted octanol–water partition coefficient (Wildman–Crippen LogP) is 4.29.